The number of aryl methyl sites for hydroxylation is 5. The van der Waals surface area contributed by atoms with Crippen molar-refractivity contribution in [2.24, 2.45) is 0 Å². The van der Waals surface area contributed by atoms with Crippen LogP contribution in [0.2, 0.25) is 0 Å². The monoisotopic (exact) mass is 2250 g/mol. The summed E-state index contributed by atoms with van der Waals surface area (Å²) >= 11 is 0. The minimum atomic E-state index is -5.68. The van der Waals surface area contributed by atoms with E-state index in [0.717, 1.165) is 102 Å². The molecule has 5 heterocycles. The number of hydrogen-bond acceptors (Lipinski definition) is 12. The molecule has 10 aromatic carbocycles. The molecule has 0 bridgehead atoms. The van der Waals surface area contributed by atoms with Gasteiger partial charge in [-0.1, -0.05) is 246 Å². The quantitative estimate of drug-likeness (QED) is 0.0309. The average Bonchev–Trinajstić information content (AvgIpc) is 0.767. The molecule has 5 aromatic heterocycles. The fourth-order valence-electron chi connectivity index (χ4n) is 14.6. The molecule has 2 fully saturated rings. The second-order valence-electron chi connectivity index (χ2n) is 29.5. The van der Waals surface area contributed by atoms with Crippen molar-refractivity contribution in [3.63, 3.8) is 0 Å². The van der Waals surface area contributed by atoms with E-state index in [2.05, 4.69) is 202 Å². The van der Waals surface area contributed by atoms with Gasteiger partial charge in [0, 0.05) is 90.3 Å². The van der Waals surface area contributed by atoms with Crippen molar-refractivity contribution < 1.29 is 106 Å². The van der Waals surface area contributed by atoms with Crippen LogP contribution in [0.4, 0.5) is 13.2 Å². The number of aromatic nitrogens is 5. The summed E-state index contributed by atoms with van der Waals surface area (Å²) in [5.41, 5.74) is 18.7. The summed E-state index contributed by atoms with van der Waals surface area (Å²) in [6.07, 6.45) is 19.3. The number of nitrogens with zero attached hydrogens (tertiary/aromatic N) is 5. The second kappa shape index (κ2) is 51.9. The number of ether oxygens (including phenoxy) is 2. The fourth-order valence-corrected chi connectivity index (χ4v) is 19.0. The van der Waals surface area contributed by atoms with E-state index < -0.39 is 28.5 Å². The Labute approximate surface area is 783 Å². The number of methoxy groups -OCH3 is 2. The van der Waals surface area contributed by atoms with Gasteiger partial charge < -0.3 is 48.6 Å². The smallest absolute Gasteiger partial charge is 0.496 e. The van der Waals surface area contributed by atoms with E-state index in [0.29, 0.717) is 16.7 Å². The Hall–Kier alpha value is -10.5. The summed E-state index contributed by atoms with van der Waals surface area (Å²) in [6.45, 7) is 10.3. The summed E-state index contributed by atoms with van der Waals surface area (Å²) in [5, 5.41) is 18.7. The average molecular weight is 2250 g/mol. The minimum absolute atomic E-state index is 0. The van der Waals surface area contributed by atoms with Gasteiger partial charge in [-0.25, -0.2) is 0 Å². The molecule has 0 amide bonds. The number of rotatable bonds is 16. The topological polar surface area (TPSA) is 167 Å². The summed E-state index contributed by atoms with van der Waals surface area (Å²) in [6, 6.07) is 115. The summed E-state index contributed by atoms with van der Waals surface area (Å²) in [4.78, 5) is 21.7. The molecule has 2 saturated carbocycles. The van der Waals surface area contributed by atoms with Crippen molar-refractivity contribution in [3.8, 4) is 107 Å². The molecule has 0 unspecified atom stereocenters. The Kier molecular flexibility index (Phi) is 41.6. The minimum Gasteiger partial charge on any atom is -0.496 e. The molecule has 0 saturated heterocycles. The third kappa shape index (κ3) is 30.6. The maximum Gasteiger partial charge on any atom is 0.534 e. The Morgan fingerprint density at radius 2 is 0.825 bits per heavy atom. The van der Waals surface area contributed by atoms with Crippen molar-refractivity contribution in [2.45, 2.75) is 116 Å². The molecular formula is C105H99BF3Ir3N5O7PS-5. The van der Waals surface area contributed by atoms with Crippen LogP contribution in [0, 0.1) is 65.0 Å². The van der Waals surface area contributed by atoms with Gasteiger partial charge in [0.1, 0.15) is 11.5 Å². The van der Waals surface area contributed by atoms with Crippen LogP contribution in [0.3, 0.4) is 0 Å². The van der Waals surface area contributed by atoms with Gasteiger partial charge in [0.2, 0.25) is 0 Å². The normalized spacial score (nSPS) is 12.2. The summed E-state index contributed by atoms with van der Waals surface area (Å²) in [7, 11) is -3.67. The van der Waals surface area contributed by atoms with Crippen LogP contribution in [0.15, 0.2) is 328 Å². The molecule has 12 nitrogen and oxygen atoms in total. The first-order valence-electron chi connectivity index (χ1n) is 41.0. The van der Waals surface area contributed by atoms with Crippen LogP contribution in [0.25, 0.3) is 89.7 Å². The molecule has 2 aliphatic rings. The summed E-state index contributed by atoms with van der Waals surface area (Å²) in [5.74, 6) is 1.37. The zero-order valence-corrected chi connectivity index (χ0v) is 80.0. The predicted molar refractivity (Wildman–Crippen MR) is 494 cm³/mol. The van der Waals surface area contributed by atoms with E-state index in [4.69, 9.17) is 19.5 Å². The first kappa shape index (κ1) is 101. The maximum absolute atomic E-state index is 12.2. The molecular weight excluding hydrogens is 2150 g/mol. The number of pyridine rings is 5. The van der Waals surface area contributed by atoms with E-state index in [1.54, 1.807) is 68.2 Å². The Bertz CT molecular complexity index is 5570. The van der Waals surface area contributed by atoms with E-state index in [1.165, 1.54) is 115 Å². The fraction of sp³-hybridized carbons (Fsp3) is 0.190. The SMILES string of the molecule is COc1cccc(OC)c1-c1ccccc1P(C1CCCCC1)C1CCCCC1.Cc1[c-]c(-c2ccccn2)cc(-c2ccccc2)c1.Cc1cc(C)nc(-c2[c-]cccc2)c1.Cc1cc(C)nc(-c2[c-]cccc2)c1.O=S(=O)(Oc1cc[c-]c(-c2ccccn2)c1)C(F)(F)F.OB(O)c1ccccc1.[Ir].[Ir].[Ir].[c-]1ccc(-c2ccccc2)cc1-c1ccccn1. The van der Waals surface area contributed by atoms with Crippen molar-refractivity contribution in [1.29, 1.82) is 0 Å². The molecule has 126 heavy (non-hydrogen) atoms. The predicted octanol–water partition coefficient (Wildman–Crippen LogP) is 24.4. The van der Waals surface area contributed by atoms with E-state index in [1.807, 2.05) is 147 Å². The van der Waals surface area contributed by atoms with Gasteiger partial charge in [-0.15, -0.1) is 160 Å². The van der Waals surface area contributed by atoms with Crippen molar-refractivity contribution >= 4 is 35.9 Å². The van der Waals surface area contributed by atoms with Crippen molar-refractivity contribution in [1.82, 2.24) is 24.9 Å². The second-order valence-corrected chi connectivity index (χ2v) is 33.8. The van der Waals surface area contributed by atoms with Gasteiger partial charge in [0.15, 0.2) is 0 Å². The first-order chi connectivity index (χ1) is 59.7. The number of benzene rings is 10. The number of hydrogen-bond donors (Lipinski definition) is 2. The molecule has 21 heteroatoms. The van der Waals surface area contributed by atoms with E-state index in [9.17, 15) is 21.6 Å². The maximum atomic E-state index is 12.2. The molecule has 2 N–H and O–H groups in total. The molecule has 0 atom stereocenters. The molecule has 0 spiro atoms. The third-order valence-corrected chi connectivity index (χ3v) is 24.7. The zero-order valence-electron chi connectivity index (χ0n) is 71.1. The Morgan fingerprint density at radius 3 is 1.26 bits per heavy atom. The van der Waals surface area contributed by atoms with Gasteiger partial charge in [0.25, 0.3) is 0 Å². The number of alkyl halides is 3. The Balaban J connectivity index is 0.000000185. The van der Waals surface area contributed by atoms with Gasteiger partial charge in [-0.3, -0.25) is 0 Å². The van der Waals surface area contributed by atoms with Gasteiger partial charge in [-0.2, -0.15) is 21.6 Å². The van der Waals surface area contributed by atoms with Crippen molar-refractivity contribution in [3.05, 3.63) is 386 Å². The van der Waals surface area contributed by atoms with Crippen LogP contribution in [-0.4, -0.2) is 81.6 Å². The standard InChI is InChI=1S/C26H35O2P.C18H14N.C17H12N.2C13H12N.C12H7F3NO3S.C6H7BO2.3Ir/c1-27-23-17-11-18-24(28-2)26(23)22-16-9-10-19-25(22)29(20-12-5-3-6-13-20)21-14-7-4-8-15-21;1-14-11-16(15-7-3-2-4-8-15)13-17(12-14)18-9-5-6-10-19-18;1-2-7-14(8-3-1)15-9-6-10-16(13-15)17-11-4-5-12-18-17;2*1-10-8-11(2)14-13(9-10)12-6-4-3-5-7-12;13-12(14,15)20(17,18)19-10-5-3-4-9(8-10)11-6-1-2-7-16-11;8-7(9)6-4-2-1-3-5-6;;;/h9-11,16-21H,3-8,12-15H2,1-2H3;2-11,13H,1H3;1-9,11-13H;2*3-6,8-9H,1-2H3;1-3,5-8H;1-5,8-9H;;;/q;5*-1;;;;. The van der Waals surface area contributed by atoms with Crippen LogP contribution in [0.1, 0.15) is 92.3 Å². The Morgan fingerprint density at radius 1 is 0.405 bits per heavy atom. The molecule has 17 rings (SSSR count). The van der Waals surface area contributed by atoms with Gasteiger partial charge in [-0.05, 0) is 163 Å². The van der Waals surface area contributed by atoms with Crippen LogP contribution in [-0.2, 0) is 70.4 Å². The van der Waals surface area contributed by atoms with Gasteiger partial charge >= 0.3 is 22.7 Å². The third-order valence-electron chi connectivity index (χ3n) is 20.2. The molecule has 2 aliphatic carbocycles. The first-order valence-corrected chi connectivity index (χ1v) is 43.9. The van der Waals surface area contributed by atoms with Gasteiger partial charge in [0.05, 0.1) is 25.5 Å². The summed E-state index contributed by atoms with van der Waals surface area (Å²) < 4.78 is 74.0. The van der Waals surface area contributed by atoms with Crippen LogP contribution in [0.5, 0.6) is 17.2 Å². The van der Waals surface area contributed by atoms with E-state index >= 15 is 0 Å². The van der Waals surface area contributed by atoms with Crippen molar-refractivity contribution in [2.75, 3.05) is 14.2 Å². The van der Waals surface area contributed by atoms with E-state index in [-0.39, 0.29) is 68.2 Å². The van der Waals surface area contributed by atoms with Crippen LogP contribution < -0.4 is 24.4 Å². The molecule has 15 aromatic rings. The molecule has 3 radical (unpaired) electrons. The molecule has 653 valence electrons. The van der Waals surface area contributed by atoms with Crippen LogP contribution >= 0.6 is 7.92 Å². The molecule has 0 aliphatic heterocycles. The number of halogens is 3. The zero-order chi connectivity index (χ0) is 86.8. The largest absolute Gasteiger partial charge is 0.534 e.